The van der Waals surface area contributed by atoms with Gasteiger partial charge in [-0.05, 0) is 31.7 Å². The Balaban J connectivity index is 1.84. The van der Waals surface area contributed by atoms with Crippen LogP contribution in [0.15, 0.2) is 24.3 Å². The van der Waals surface area contributed by atoms with Crippen LogP contribution in [0.4, 0.5) is 5.69 Å². The molecule has 1 N–H and O–H groups in total. The first-order valence-corrected chi connectivity index (χ1v) is 9.80. The van der Waals surface area contributed by atoms with Gasteiger partial charge in [0.2, 0.25) is 0 Å². The summed E-state index contributed by atoms with van der Waals surface area (Å²) in [5.41, 5.74) is 0.00245. The molecular weight excluding hydrogens is 331 g/mol. The van der Waals surface area contributed by atoms with E-state index < -0.39 is 18.4 Å². The van der Waals surface area contributed by atoms with Crippen LogP contribution in [0.2, 0.25) is 0 Å². The lowest BCUT2D eigenvalue weighted by molar-refractivity contribution is -0.384. The summed E-state index contributed by atoms with van der Waals surface area (Å²) in [4.78, 5) is 22.9. The molecule has 0 atom stereocenters. The van der Waals surface area contributed by atoms with Crippen molar-refractivity contribution < 1.29 is 14.3 Å². The average Bonchev–Trinajstić information content (AvgIpc) is 3.28. The van der Waals surface area contributed by atoms with E-state index in [2.05, 4.69) is 5.09 Å². The smallest absolute Gasteiger partial charge is 0.279 e. The average molecular weight is 352 g/mol. The first kappa shape index (κ1) is 17.1. The van der Waals surface area contributed by atoms with Gasteiger partial charge in [-0.2, -0.15) is 0 Å². The highest BCUT2D eigenvalue weighted by Crippen LogP contribution is 2.52. The third kappa shape index (κ3) is 3.36. The molecule has 1 aromatic rings. The molecule has 2 aliphatic heterocycles. The lowest BCUT2D eigenvalue weighted by atomic mass is 10.2. The van der Waals surface area contributed by atoms with E-state index in [1.165, 1.54) is 24.3 Å². The molecule has 130 valence electrons. The quantitative estimate of drug-likeness (QED) is 0.497. The molecule has 0 unspecified atom stereocenters. The number of benzene rings is 1. The highest BCUT2D eigenvalue weighted by Gasteiger charge is 2.41. The number of amides is 1. The van der Waals surface area contributed by atoms with E-state index in [1.807, 2.05) is 9.34 Å². The maximum absolute atomic E-state index is 13.6. The fraction of sp³-hybridized carbons (Fsp3) is 0.533. The van der Waals surface area contributed by atoms with Gasteiger partial charge in [-0.1, -0.05) is 6.07 Å². The summed E-state index contributed by atoms with van der Waals surface area (Å²) in [6, 6.07) is 5.51. The SMILES string of the molecule is O=C(NP(=O)(N1CCCC1)N1CCCC1)c1cccc([N+](=O)[O-])c1. The largest absolute Gasteiger partial charge is 0.311 e. The van der Waals surface area contributed by atoms with Crippen LogP contribution in [0, 0.1) is 10.1 Å². The molecule has 2 saturated heterocycles. The molecular formula is C15H21N4O4P. The monoisotopic (exact) mass is 352 g/mol. The fourth-order valence-electron chi connectivity index (χ4n) is 3.22. The Hall–Kier alpha value is -1.76. The van der Waals surface area contributed by atoms with Gasteiger partial charge in [0.05, 0.1) is 4.92 Å². The Morgan fingerprint density at radius 2 is 1.62 bits per heavy atom. The van der Waals surface area contributed by atoms with E-state index in [9.17, 15) is 19.5 Å². The van der Waals surface area contributed by atoms with Crippen LogP contribution in [0.3, 0.4) is 0 Å². The van der Waals surface area contributed by atoms with Crippen molar-refractivity contribution >= 4 is 19.2 Å². The van der Waals surface area contributed by atoms with Crippen molar-refractivity contribution in [2.24, 2.45) is 0 Å². The van der Waals surface area contributed by atoms with Gasteiger partial charge in [0.25, 0.3) is 11.6 Å². The summed E-state index contributed by atoms with van der Waals surface area (Å²) >= 11 is 0. The second-order valence-corrected chi connectivity index (χ2v) is 8.56. The van der Waals surface area contributed by atoms with Crippen molar-refractivity contribution in [3.8, 4) is 0 Å². The minimum Gasteiger partial charge on any atom is -0.279 e. The fourth-order valence-corrected chi connectivity index (χ4v) is 5.91. The summed E-state index contributed by atoms with van der Waals surface area (Å²) in [6.07, 6.45) is 3.85. The Morgan fingerprint density at radius 1 is 1.08 bits per heavy atom. The van der Waals surface area contributed by atoms with Gasteiger partial charge in [-0.15, -0.1) is 0 Å². The topological polar surface area (TPSA) is 95.8 Å². The molecule has 8 nitrogen and oxygen atoms in total. The second-order valence-electron chi connectivity index (χ2n) is 6.11. The predicted octanol–water partition coefficient (Wildman–Crippen LogP) is 2.62. The molecule has 0 aliphatic carbocycles. The normalized spacial score (nSPS) is 19.5. The third-order valence-corrected chi connectivity index (χ3v) is 7.33. The molecule has 3 rings (SSSR count). The molecule has 2 aliphatic rings. The van der Waals surface area contributed by atoms with Gasteiger partial charge in [0.1, 0.15) is 0 Å². The number of nitrogens with one attached hydrogen (secondary N) is 1. The van der Waals surface area contributed by atoms with Gasteiger partial charge < -0.3 is 0 Å². The molecule has 1 amide bonds. The highest BCUT2D eigenvalue weighted by atomic mass is 31.2. The summed E-state index contributed by atoms with van der Waals surface area (Å²) in [7, 11) is -3.18. The Labute approximate surface area is 140 Å². The second kappa shape index (κ2) is 7.01. The first-order valence-electron chi connectivity index (χ1n) is 8.19. The number of nitro groups is 1. The van der Waals surface area contributed by atoms with Crippen LogP contribution in [0.25, 0.3) is 0 Å². The Kier molecular flexibility index (Phi) is 4.99. The lowest BCUT2D eigenvalue weighted by Gasteiger charge is -2.34. The van der Waals surface area contributed by atoms with Crippen LogP contribution < -0.4 is 5.09 Å². The molecule has 1 aromatic carbocycles. The first-order chi connectivity index (χ1) is 11.5. The number of carbonyl (C=O) groups excluding carboxylic acids is 1. The summed E-state index contributed by atoms with van der Waals surface area (Å²) in [6.45, 7) is 2.79. The minimum atomic E-state index is -3.18. The zero-order valence-corrected chi connectivity index (χ0v) is 14.3. The Bertz CT molecular complexity index is 664. The molecule has 0 bridgehead atoms. The van der Waals surface area contributed by atoms with Crippen LogP contribution in [-0.4, -0.2) is 46.4 Å². The van der Waals surface area contributed by atoms with E-state index in [0.717, 1.165) is 25.7 Å². The van der Waals surface area contributed by atoms with E-state index in [4.69, 9.17) is 0 Å². The molecule has 2 fully saturated rings. The number of nitrogens with zero attached hydrogens (tertiary/aromatic N) is 3. The molecule has 2 heterocycles. The van der Waals surface area contributed by atoms with Crippen molar-refractivity contribution in [1.82, 2.24) is 14.4 Å². The van der Waals surface area contributed by atoms with Crippen molar-refractivity contribution in [1.29, 1.82) is 0 Å². The lowest BCUT2D eigenvalue weighted by Crippen LogP contribution is -2.38. The van der Waals surface area contributed by atoms with Gasteiger partial charge >= 0.3 is 7.59 Å². The van der Waals surface area contributed by atoms with Crippen molar-refractivity contribution in [3.05, 3.63) is 39.9 Å². The van der Waals surface area contributed by atoms with Gasteiger partial charge in [0.15, 0.2) is 0 Å². The number of hydrogen-bond acceptors (Lipinski definition) is 4. The van der Waals surface area contributed by atoms with Crippen LogP contribution in [-0.2, 0) is 4.57 Å². The number of carbonyl (C=O) groups is 1. The molecule has 0 spiro atoms. The van der Waals surface area contributed by atoms with E-state index >= 15 is 0 Å². The highest BCUT2D eigenvalue weighted by molar-refractivity contribution is 7.57. The van der Waals surface area contributed by atoms with Crippen molar-refractivity contribution in [3.63, 3.8) is 0 Å². The van der Waals surface area contributed by atoms with Gasteiger partial charge in [-0.3, -0.25) is 24.6 Å². The number of nitro benzene ring substituents is 1. The zero-order valence-electron chi connectivity index (χ0n) is 13.4. The van der Waals surface area contributed by atoms with Crippen molar-refractivity contribution in [2.45, 2.75) is 25.7 Å². The molecule has 0 radical (unpaired) electrons. The van der Waals surface area contributed by atoms with E-state index in [1.54, 1.807) is 0 Å². The minimum absolute atomic E-state index is 0.153. The maximum Gasteiger partial charge on any atom is 0.311 e. The number of hydrogen-bond donors (Lipinski definition) is 1. The van der Waals surface area contributed by atoms with Gasteiger partial charge in [-0.25, -0.2) is 9.34 Å². The number of non-ortho nitro benzene ring substituents is 1. The van der Waals surface area contributed by atoms with Crippen molar-refractivity contribution in [2.75, 3.05) is 26.2 Å². The molecule has 24 heavy (non-hydrogen) atoms. The zero-order chi connectivity index (χ0) is 17.2. The Morgan fingerprint density at radius 3 is 2.12 bits per heavy atom. The van der Waals surface area contributed by atoms with Crippen LogP contribution in [0.5, 0.6) is 0 Å². The summed E-state index contributed by atoms with van der Waals surface area (Å²) in [5, 5.41) is 13.6. The molecule has 0 saturated carbocycles. The van der Waals surface area contributed by atoms with E-state index in [0.29, 0.717) is 26.2 Å². The summed E-state index contributed by atoms with van der Waals surface area (Å²) < 4.78 is 17.3. The number of rotatable bonds is 5. The maximum atomic E-state index is 13.6. The standard InChI is InChI=1S/C15H21N4O4P/c20-15(13-6-5-7-14(12-13)19(21)22)16-24(23,17-8-1-2-9-17)18-10-3-4-11-18/h5-7,12H,1-4,8-11H2,(H,16,20,23). The van der Waals surface area contributed by atoms with Crippen LogP contribution in [0.1, 0.15) is 36.0 Å². The summed E-state index contributed by atoms with van der Waals surface area (Å²) in [5.74, 6) is -0.527. The van der Waals surface area contributed by atoms with Gasteiger partial charge in [0, 0.05) is 43.9 Å². The van der Waals surface area contributed by atoms with Crippen LogP contribution >= 0.6 is 7.59 Å². The predicted molar refractivity (Wildman–Crippen MR) is 89.8 cm³/mol. The van der Waals surface area contributed by atoms with E-state index in [-0.39, 0.29) is 11.3 Å². The molecule has 9 heteroatoms. The molecule has 0 aromatic heterocycles. The third-order valence-electron chi connectivity index (χ3n) is 4.50.